The molecule has 0 aliphatic rings. The molecule has 1 aromatic heterocycles. The highest BCUT2D eigenvalue weighted by Gasteiger charge is 2.10. The van der Waals surface area contributed by atoms with Gasteiger partial charge in [-0.15, -0.1) is 21.8 Å². The highest BCUT2D eigenvalue weighted by Crippen LogP contribution is 2.17. The minimum Gasteiger partial charge on any atom is -0.300 e. The third-order valence-corrected chi connectivity index (χ3v) is 2.91. The summed E-state index contributed by atoms with van der Waals surface area (Å²) in [6.45, 7) is 3.68. The highest BCUT2D eigenvalue weighted by molar-refractivity contribution is 7.15. The number of aromatic nitrogens is 2. The molecule has 0 bridgehead atoms. The molecule has 15 heavy (non-hydrogen) atoms. The molecule has 6 heteroatoms. The molecule has 0 aliphatic heterocycles. The zero-order valence-electron chi connectivity index (χ0n) is 8.79. The lowest BCUT2D eigenvalue weighted by Gasteiger charge is -2.02. The van der Waals surface area contributed by atoms with Gasteiger partial charge in [-0.05, 0) is 6.42 Å². The lowest BCUT2D eigenvalue weighted by atomic mass is 10.2. The van der Waals surface area contributed by atoms with Gasteiger partial charge in [0.25, 0.3) is 0 Å². The summed E-state index contributed by atoms with van der Waals surface area (Å²) in [7, 11) is 0. The fraction of sp³-hybridized carbons (Fsp3) is 0.667. The van der Waals surface area contributed by atoms with Crippen molar-refractivity contribution in [3.05, 3.63) is 5.01 Å². The number of carbonyl (C=O) groups is 1. The number of halogens is 1. The molecular formula is C9H14ClN3OS. The number of carbonyl (C=O) groups excluding carboxylic acids is 1. The van der Waals surface area contributed by atoms with Crippen molar-refractivity contribution < 1.29 is 4.79 Å². The first-order chi connectivity index (χ1) is 7.13. The summed E-state index contributed by atoms with van der Waals surface area (Å²) in [5.41, 5.74) is 0. The van der Waals surface area contributed by atoms with Crippen LogP contribution >= 0.6 is 22.9 Å². The molecule has 0 atom stereocenters. The minimum atomic E-state index is -0.0415. The van der Waals surface area contributed by atoms with Crippen LogP contribution in [0.3, 0.4) is 0 Å². The van der Waals surface area contributed by atoms with Crippen LogP contribution in [-0.4, -0.2) is 22.0 Å². The summed E-state index contributed by atoms with van der Waals surface area (Å²) in [6, 6.07) is 0. The molecule has 0 fully saturated rings. The average molecular weight is 248 g/mol. The number of amides is 1. The summed E-state index contributed by atoms with van der Waals surface area (Å²) >= 11 is 6.98. The first kappa shape index (κ1) is 12.4. The molecule has 1 rings (SSSR count). The van der Waals surface area contributed by atoms with Crippen LogP contribution in [0.2, 0.25) is 0 Å². The van der Waals surface area contributed by atoms with E-state index in [1.165, 1.54) is 11.3 Å². The van der Waals surface area contributed by atoms with Crippen LogP contribution < -0.4 is 5.32 Å². The monoisotopic (exact) mass is 247 g/mol. The maximum Gasteiger partial charge on any atom is 0.228 e. The third-order valence-electron chi connectivity index (χ3n) is 1.75. The number of rotatable bonds is 5. The molecule has 84 valence electrons. The van der Waals surface area contributed by atoms with Crippen molar-refractivity contribution in [2.24, 2.45) is 5.92 Å². The van der Waals surface area contributed by atoms with E-state index in [4.69, 9.17) is 11.6 Å². The summed E-state index contributed by atoms with van der Waals surface area (Å²) in [5.74, 6) is 0.544. The van der Waals surface area contributed by atoms with Gasteiger partial charge in [0, 0.05) is 18.2 Å². The number of aryl methyl sites for hydroxylation is 1. The molecular weight excluding hydrogens is 234 g/mol. The number of nitrogens with zero attached hydrogens (tertiary/aromatic N) is 2. The molecule has 1 aromatic rings. The van der Waals surface area contributed by atoms with E-state index in [2.05, 4.69) is 15.5 Å². The molecule has 0 radical (unpaired) electrons. The number of hydrogen-bond donors (Lipinski definition) is 1. The second-order valence-corrected chi connectivity index (χ2v) is 4.88. The zero-order chi connectivity index (χ0) is 11.3. The number of alkyl halides is 1. The van der Waals surface area contributed by atoms with E-state index in [9.17, 15) is 4.79 Å². The van der Waals surface area contributed by atoms with E-state index in [0.717, 1.165) is 17.8 Å². The van der Waals surface area contributed by atoms with Crippen molar-refractivity contribution in [1.29, 1.82) is 0 Å². The lowest BCUT2D eigenvalue weighted by molar-refractivity contribution is -0.118. The fourth-order valence-electron chi connectivity index (χ4n) is 0.873. The molecule has 0 unspecified atom stereocenters. The van der Waals surface area contributed by atoms with E-state index < -0.39 is 0 Å². The second kappa shape index (κ2) is 6.02. The second-order valence-electron chi connectivity index (χ2n) is 3.44. The molecule has 0 aromatic carbocycles. The summed E-state index contributed by atoms with van der Waals surface area (Å²) in [4.78, 5) is 11.3. The Hall–Kier alpha value is -0.680. The topological polar surface area (TPSA) is 54.9 Å². The van der Waals surface area contributed by atoms with E-state index in [0.29, 0.717) is 11.0 Å². The van der Waals surface area contributed by atoms with Gasteiger partial charge < -0.3 is 5.32 Å². The first-order valence-corrected chi connectivity index (χ1v) is 6.17. The van der Waals surface area contributed by atoms with Crippen molar-refractivity contribution in [3.63, 3.8) is 0 Å². The zero-order valence-corrected chi connectivity index (χ0v) is 10.4. The largest absolute Gasteiger partial charge is 0.300 e. The van der Waals surface area contributed by atoms with Gasteiger partial charge >= 0.3 is 0 Å². The van der Waals surface area contributed by atoms with Gasteiger partial charge in [0.2, 0.25) is 11.0 Å². The van der Waals surface area contributed by atoms with Crippen molar-refractivity contribution >= 4 is 34.0 Å². The van der Waals surface area contributed by atoms with Gasteiger partial charge in [0.1, 0.15) is 5.01 Å². The van der Waals surface area contributed by atoms with Crippen molar-refractivity contribution in [2.45, 2.75) is 26.7 Å². The fourth-order valence-corrected chi connectivity index (χ4v) is 1.79. The standard InChI is InChI=1S/C9H14ClN3OS/c1-6(2)8(14)11-9-13-12-7(15-9)4-3-5-10/h6H,3-5H2,1-2H3,(H,11,13,14). The summed E-state index contributed by atoms with van der Waals surface area (Å²) < 4.78 is 0. The van der Waals surface area contributed by atoms with Gasteiger partial charge in [-0.2, -0.15) is 0 Å². The molecule has 4 nitrogen and oxygen atoms in total. The van der Waals surface area contributed by atoms with Crippen LogP contribution in [-0.2, 0) is 11.2 Å². The van der Waals surface area contributed by atoms with Gasteiger partial charge in [-0.3, -0.25) is 4.79 Å². The molecule has 0 saturated carbocycles. The number of nitrogens with one attached hydrogen (secondary N) is 1. The minimum absolute atomic E-state index is 0.0324. The Morgan fingerprint density at radius 2 is 2.27 bits per heavy atom. The average Bonchev–Trinajstić information content (AvgIpc) is 2.62. The normalized spacial score (nSPS) is 10.7. The predicted octanol–water partition coefficient (Wildman–Crippen LogP) is 2.30. The molecule has 1 amide bonds. The van der Waals surface area contributed by atoms with Gasteiger partial charge in [-0.25, -0.2) is 0 Å². The van der Waals surface area contributed by atoms with Crippen LogP contribution in [0.4, 0.5) is 5.13 Å². The summed E-state index contributed by atoms with van der Waals surface area (Å²) in [6.07, 6.45) is 1.70. The van der Waals surface area contributed by atoms with Gasteiger partial charge in [0.05, 0.1) is 0 Å². The van der Waals surface area contributed by atoms with Gasteiger partial charge in [-0.1, -0.05) is 25.2 Å². The molecule has 1 N–H and O–H groups in total. The maximum atomic E-state index is 11.3. The Balaban J connectivity index is 2.49. The van der Waals surface area contributed by atoms with Crippen LogP contribution in [0.25, 0.3) is 0 Å². The van der Waals surface area contributed by atoms with E-state index in [1.54, 1.807) is 0 Å². The Bertz CT molecular complexity index is 327. The van der Waals surface area contributed by atoms with E-state index in [1.807, 2.05) is 13.8 Å². The quantitative estimate of drug-likeness (QED) is 0.813. The highest BCUT2D eigenvalue weighted by atomic mass is 35.5. The van der Waals surface area contributed by atoms with Crippen LogP contribution in [0.1, 0.15) is 25.3 Å². The Morgan fingerprint density at radius 3 is 2.87 bits per heavy atom. The first-order valence-electron chi connectivity index (χ1n) is 4.82. The van der Waals surface area contributed by atoms with Crippen molar-refractivity contribution in [2.75, 3.05) is 11.2 Å². The smallest absolute Gasteiger partial charge is 0.228 e. The molecule has 1 heterocycles. The lowest BCUT2D eigenvalue weighted by Crippen LogP contribution is -2.17. The van der Waals surface area contributed by atoms with Gasteiger partial charge in [0.15, 0.2) is 0 Å². The molecule has 0 aliphatic carbocycles. The molecule has 0 saturated heterocycles. The SMILES string of the molecule is CC(C)C(=O)Nc1nnc(CCCCl)s1. The van der Waals surface area contributed by atoms with E-state index >= 15 is 0 Å². The Kier molecular flexibility index (Phi) is 4.98. The Labute approximate surface area is 98.0 Å². The van der Waals surface area contributed by atoms with Crippen molar-refractivity contribution in [3.8, 4) is 0 Å². The number of hydrogen-bond acceptors (Lipinski definition) is 4. The van der Waals surface area contributed by atoms with Crippen LogP contribution in [0.15, 0.2) is 0 Å². The predicted molar refractivity (Wildman–Crippen MR) is 62.4 cm³/mol. The maximum absolute atomic E-state index is 11.3. The summed E-state index contributed by atoms with van der Waals surface area (Å²) in [5, 5.41) is 12.0. The Morgan fingerprint density at radius 1 is 1.53 bits per heavy atom. The van der Waals surface area contributed by atoms with E-state index in [-0.39, 0.29) is 11.8 Å². The molecule has 0 spiro atoms. The van der Waals surface area contributed by atoms with Crippen molar-refractivity contribution in [1.82, 2.24) is 10.2 Å². The van der Waals surface area contributed by atoms with Crippen LogP contribution in [0.5, 0.6) is 0 Å². The van der Waals surface area contributed by atoms with Crippen LogP contribution in [0, 0.1) is 5.92 Å². The third kappa shape index (κ3) is 4.13. The number of anilines is 1.